The number of ether oxygens (including phenoxy) is 2. The van der Waals surface area contributed by atoms with Gasteiger partial charge in [0.2, 0.25) is 0 Å². The number of likely N-dealkylation sites (tertiary alicyclic amines) is 1. The van der Waals surface area contributed by atoms with Gasteiger partial charge in [-0.05, 0) is 49.6 Å². The lowest BCUT2D eigenvalue weighted by Crippen LogP contribution is -2.34. The summed E-state index contributed by atoms with van der Waals surface area (Å²) in [5, 5.41) is 0. The van der Waals surface area contributed by atoms with E-state index in [1.165, 1.54) is 0 Å². The Kier molecular flexibility index (Phi) is 5.76. The summed E-state index contributed by atoms with van der Waals surface area (Å²) < 4.78 is 10.9. The van der Waals surface area contributed by atoms with Crippen LogP contribution >= 0.6 is 0 Å². The predicted octanol–water partition coefficient (Wildman–Crippen LogP) is 4.16. The number of pyridine rings is 1. The molecule has 2 heterocycles. The Bertz CT molecular complexity index is 736. The van der Waals surface area contributed by atoms with E-state index in [0.717, 1.165) is 43.4 Å². The van der Waals surface area contributed by atoms with E-state index in [1.54, 1.807) is 26.6 Å². The quantitative estimate of drug-likeness (QED) is 0.827. The number of carbonyl (C=O) groups is 1. The minimum atomic E-state index is 0.0188. The van der Waals surface area contributed by atoms with E-state index in [-0.39, 0.29) is 11.9 Å². The molecule has 0 saturated carbocycles. The number of benzene rings is 1. The lowest BCUT2D eigenvalue weighted by Gasteiger charge is -2.31. The second-order valence-corrected chi connectivity index (χ2v) is 6.65. The van der Waals surface area contributed by atoms with Gasteiger partial charge in [0.1, 0.15) is 11.5 Å². The van der Waals surface area contributed by atoms with Crippen molar-refractivity contribution in [1.82, 2.24) is 9.88 Å². The summed E-state index contributed by atoms with van der Waals surface area (Å²) in [7, 11) is 3.23. The number of aromatic nitrogens is 1. The molecule has 1 aromatic heterocycles. The van der Waals surface area contributed by atoms with Crippen LogP contribution in [0.1, 0.15) is 53.2 Å². The number of hydrogen-bond acceptors (Lipinski definition) is 4. The van der Waals surface area contributed by atoms with Crippen LogP contribution in [-0.4, -0.2) is 36.6 Å². The van der Waals surface area contributed by atoms with Gasteiger partial charge in [0.25, 0.3) is 5.91 Å². The molecule has 5 heteroatoms. The van der Waals surface area contributed by atoms with E-state index < -0.39 is 0 Å². The molecular formula is C21H26N2O3. The van der Waals surface area contributed by atoms with Crippen LogP contribution in [0.25, 0.3) is 0 Å². The summed E-state index contributed by atoms with van der Waals surface area (Å²) in [6.45, 7) is 2.68. The van der Waals surface area contributed by atoms with Gasteiger partial charge in [-0.3, -0.25) is 9.78 Å². The summed E-state index contributed by atoms with van der Waals surface area (Å²) in [6.07, 6.45) is 7.84. The van der Waals surface area contributed by atoms with Crippen molar-refractivity contribution in [3.05, 3.63) is 53.3 Å². The summed E-state index contributed by atoms with van der Waals surface area (Å²) >= 11 is 0. The molecule has 1 fully saturated rings. The van der Waals surface area contributed by atoms with E-state index in [0.29, 0.717) is 17.1 Å². The van der Waals surface area contributed by atoms with Gasteiger partial charge in [-0.15, -0.1) is 0 Å². The summed E-state index contributed by atoms with van der Waals surface area (Å²) in [4.78, 5) is 19.5. The molecule has 138 valence electrons. The molecule has 1 aliphatic heterocycles. The highest BCUT2D eigenvalue weighted by molar-refractivity contribution is 5.95. The van der Waals surface area contributed by atoms with Crippen molar-refractivity contribution in [2.75, 3.05) is 20.8 Å². The molecule has 0 aliphatic carbocycles. The third-order valence-corrected chi connectivity index (χ3v) is 5.10. The van der Waals surface area contributed by atoms with Gasteiger partial charge in [0.05, 0.1) is 20.3 Å². The first kappa shape index (κ1) is 18.2. The van der Waals surface area contributed by atoms with E-state index in [9.17, 15) is 4.79 Å². The van der Waals surface area contributed by atoms with Crippen LogP contribution in [0, 0.1) is 6.92 Å². The number of nitrogens with zero attached hydrogens (tertiary/aromatic N) is 2. The lowest BCUT2D eigenvalue weighted by molar-refractivity contribution is 0.0680. The summed E-state index contributed by atoms with van der Waals surface area (Å²) in [5.74, 6) is 1.36. The Morgan fingerprint density at radius 2 is 1.73 bits per heavy atom. The zero-order valence-corrected chi connectivity index (χ0v) is 15.7. The number of methoxy groups -OCH3 is 2. The standard InChI is InChI=1S/C21H26N2O3/c1-15-19(25-2)13-17(14-20(15)26-3)21(24)23-12-6-4-5-7-18(23)16-8-10-22-11-9-16/h8-11,13-14,18H,4-7,12H2,1-3H3. The summed E-state index contributed by atoms with van der Waals surface area (Å²) in [5.41, 5.74) is 2.64. The second kappa shape index (κ2) is 8.21. The molecule has 1 saturated heterocycles. The summed E-state index contributed by atoms with van der Waals surface area (Å²) in [6, 6.07) is 7.72. The van der Waals surface area contributed by atoms with Gasteiger partial charge in [-0.1, -0.05) is 12.8 Å². The van der Waals surface area contributed by atoms with Gasteiger partial charge in [0, 0.05) is 30.1 Å². The molecule has 1 aromatic carbocycles. The molecule has 1 unspecified atom stereocenters. The average molecular weight is 354 g/mol. The van der Waals surface area contributed by atoms with Crippen molar-refractivity contribution >= 4 is 5.91 Å². The molecule has 1 amide bonds. The molecule has 1 aliphatic rings. The maximum Gasteiger partial charge on any atom is 0.254 e. The smallest absolute Gasteiger partial charge is 0.254 e. The van der Waals surface area contributed by atoms with Crippen molar-refractivity contribution in [1.29, 1.82) is 0 Å². The molecular weight excluding hydrogens is 328 g/mol. The third kappa shape index (κ3) is 3.66. The SMILES string of the molecule is COc1cc(C(=O)N2CCCCCC2c2ccncc2)cc(OC)c1C. The molecule has 0 N–H and O–H groups in total. The predicted molar refractivity (Wildman–Crippen MR) is 101 cm³/mol. The highest BCUT2D eigenvalue weighted by atomic mass is 16.5. The Balaban J connectivity index is 1.98. The average Bonchev–Trinajstić information content (AvgIpc) is 2.94. The van der Waals surface area contributed by atoms with Gasteiger partial charge in [-0.2, -0.15) is 0 Å². The fourth-order valence-electron chi connectivity index (χ4n) is 3.66. The Hall–Kier alpha value is -2.56. The highest BCUT2D eigenvalue weighted by Gasteiger charge is 2.28. The van der Waals surface area contributed by atoms with Gasteiger partial charge in [-0.25, -0.2) is 0 Å². The fraction of sp³-hybridized carbons (Fsp3) is 0.429. The Morgan fingerprint density at radius 3 is 2.35 bits per heavy atom. The van der Waals surface area contributed by atoms with Gasteiger partial charge in [0.15, 0.2) is 0 Å². The van der Waals surface area contributed by atoms with Gasteiger partial charge < -0.3 is 14.4 Å². The van der Waals surface area contributed by atoms with E-state index in [4.69, 9.17) is 9.47 Å². The van der Waals surface area contributed by atoms with Crippen molar-refractivity contribution in [2.45, 2.75) is 38.6 Å². The minimum Gasteiger partial charge on any atom is -0.496 e. The van der Waals surface area contributed by atoms with Crippen molar-refractivity contribution in [2.24, 2.45) is 0 Å². The molecule has 3 rings (SSSR count). The first-order chi connectivity index (χ1) is 12.7. The van der Waals surface area contributed by atoms with E-state index >= 15 is 0 Å². The van der Waals surface area contributed by atoms with Crippen molar-refractivity contribution < 1.29 is 14.3 Å². The molecule has 5 nitrogen and oxygen atoms in total. The fourth-order valence-corrected chi connectivity index (χ4v) is 3.66. The maximum atomic E-state index is 13.4. The van der Waals surface area contributed by atoms with Crippen LogP contribution in [-0.2, 0) is 0 Å². The van der Waals surface area contributed by atoms with E-state index in [2.05, 4.69) is 4.98 Å². The lowest BCUT2D eigenvalue weighted by atomic mass is 10.0. The third-order valence-electron chi connectivity index (χ3n) is 5.10. The normalized spacial score (nSPS) is 17.5. The van der Waals surface area contributed by atoms with E-state index in [1.807, 2.05) is 36.1 Å². The number of rotatable bonds is 4. The monoisotopic (exact) mass is 354 g/mol. The maximum absolute atomic E-state index is 13.4. The first-order valence-corrected chi connectivity index (χ1v) is 9.09. The molecule has 0 radical (unpaired) electrons. The van der Waals surface area contributed by atoms with Gasteiger partial charge >= 0.3 is 0 Å². The van der Waals surface area contributed by atoms with Crippen molar-refractivity contribution in [3.63, 3.8) is 0 Å². The Morgan fingerprint density at radius 1 is 1.08 bits per heavy atom. The van der Waals surface area contributed by atoms with Crippen molar-refractivity contribution in [3.8, 4) is 11.5 Å². The number of hydrogen-bond donors (Lipinski definition) is 0. The first-order valence-electron chi connectivity index (χ1n) is 9.09. The molecule has 1 atom stereocenters. The minimum absolute atomic E-state index is 0.0188. The van der Waals surface area contributed by atoms with Crippen LogP contribution in [0.5, 0.6) is 11.5 Å². The highest BCUT2D eigenvalue weighted by Crippen LogP contribution is 2.34. The largest absolute Gasteiger partial charge is 0.496 e. The molecule has 26 heavy (non-hydrogen) atoms. The molecule has 0 spiro atoms. The topological polar surface area (TPSA) is 51.7 Å². The van der Waals surface area contributed by atoms with Crippen LogP contribution in [0.2, 0.25) is 0 Å². The second-order valence-electron chi connectivity index (χ2n) is 6.65. The van der Waals surface area contributed by atoms with Crippen LogP contribution in [0.4, 0.5) is 0 Å². The number of carbonyl (C=O) groups excluding carboxylic acids is 1. The van der Waals surface area contributed by atoms with Crippen LogP contribution in [0.3, 0.4) is 0 Å². The molecule has 0 bridgehead atoms. The Labute approximate surface area is 155 Å². The van der Waals surface area contributed by atoms with Crippen LogP contribution < -0.4 is 9.47 Å². The zero-order valence-electron chi connectivity index (χ0n) is 15.7. The molecule has 2 aromatic rings. The van der Waals surface area contributed by atoms with Crippen LogP contribution in [0.15, 0.2) is 36.7 Å². The zero-order chi connectivity index (χ0) is 18.5. The number of amides is 1.